The van der Waals surface area contributed by atoms with Crippen LogP contribution in [0.25, 0.3) is 6.08 Å². The van der Waals surface area contributed by atoms with Gasteiger partial charge in [0.05, 0.1) is 6.61 Å². The zero-order valence-corrected chi connectivity index (χ0v) is 14.6. The van der Waals surface area contributed by atoms with E-state index in [2.05, 4.69) is 12.2 Å². The molecule has 1 N–H and O–H groups in total. The van der Waals surface area contributed by atoms with Crippen molar-refractivity contribution in [1.82, 2.24) is 0 Å². The summed E-state index contributed by atoms with van der Waals surface area (Å²) < 4.78 is 5.61. The van der Waals surface area contributed by atoms with Crippen molar-refractivity contribution in [1.29, 1.82) is 0 Å². The van der Waals surface area contributed by atoms with Gasteiger partial charge in [-0.05, 0) is 61.4 Å². The van der Waals surface area contributed by atoms with E-state index in [1.807, 2.05) is 24.3 Å². The first-order valence-electron chi connectivity index (χ1n) is 8.41. The SMILES string of the molecule is CCCCOc1ccc(/C=C/C(=O)Nc2ccc(C(C)=O)cc2)cc1. The first-order valence-corrected chi connectivity index (χ1v) is 8.41. The molecule has 0 radical (unpaired) electrons. The van der Waals surface area contributed by atoms with E-state index in [4.69, 9.17) is 4.74 Å². The molecule has 0 unspecified atom stereocenters. The predicted molar refractivity (Wildman–Crippen MR) is 101 cm³/mol. The Labute approximate surface area is 148 Å². The van der Waals surface area contributed by atoms with Gasteiger partial charge in [-0.2, -0.15) is 0 Å². The van der Waals surface area contributed by atoms with E-state index >= 15 is 0 Å². The van der Waals surface area contributed by atoms with Crippen LogP contribution in [0.3, 0.4) is 0 Å². The smallest absolute Gasteiger partial charge is 0.248 e. The zero-order valence-electron chi connectivity index (χ0n) is 14.6. The van der Waals surface area contributed by atoms with E-state index in [-0.39, 0.29) is 11.7 Å². The van der Waals surface area contributed by atoms with Crippen molar-refractivity contribution in [2.24, 2.45) is 0 Å². The zero-order chi connectivity index (χ0) is 18.1. The van der Waals surface area contributed by atoms with Crippen molar-refractivity contribution >= 4 is 23.5 Å². The highest BCUT2D eigenvalue weighted by atomic mass is 16.5. The monoisotopic (exact) mass is 337 g/mol. The van der Waals surface area contributed by atoms with Crippen LogP contribution in [0.4, 0.5) is 5.69 Å². The van der Waals surface area contributed by atoms with Crippen LogP contribution in [0.2, 0.25) is 0 Å². The molecule has 0 saturated carbocycles. The van der Waals surface area contributed by atoms with Crippen molar-refractivity contribution in [2.75, 3.05) is 11.9 Å². The Morgan fingerprint density at radius 3 is 2.32 bits per heavy atom. The number of Topliss-reactive ketones (excluding diaryl/α,β-unsaturated/α-hetero) is 1. The minimum Gasteiger partial charge on any atom is -0.494 e. The number of hydrogen-bond donors (Lipinski definition) is 1. The summed E-state index contributed by atoms with van der Waals surface area (Å²) in [6, 6.07) is 14.4. The number of hydrogen-bond acceptors (Lipinski definition) is 3. The standard InChI is InChI=1S/C21H23NO3/c1-3-4-15-25-20-12-5-17(6-13-20)7-14-21(24)22-19-10-8-18(9-11-19)16(2)23/h5-14H,3-4,15H2,1-2H3,(H,22,24)/b14-7+. The van der Waals surface area contributed by atoms with Crippen molar-refractivity contribution in [3.63, 3.8) is 0 Å². The Morgan fingerprint density at radius 1 is 1.04 bits per heavy atom. The van der Waals surface area contributed by atoms with Crippen LogP contribution < -0.4 is 10.1 Å². The van der Waals surface area contributed by atoms with Gasteiger partial charge in [-0.1, -0.05) is 25.5 Å². The van der Waals surface area contributed by atoms with Gasteiger partial charge in [0.2, 0.25) is 5.91 Å². The summed E-state index contributed by atoms with van der Waals surface area (Å²) in [5, 5.41) is 2.76. The maximum Gasteiger partial charge on any atom is 0.248 e. The highest BCUT2D eigenvalue weighted by Crippen LogP contribution is 2.14. The minimum atomic E-state index is -0.223. The fourth-order valence-electron chi connectivity index (χ4n) is 2.15. The normalized spacial score (nSPS) is 10.6. The molecule has 0 saturated heterocycles. The number of ether oxygens (including phenoxy) is 1. The second-order valence-electron chi connectivity index (χ2n) is 5.73. The number of amides is 1. The van der Waals surface area contributed by atoms with Crippen molar-refractivity contribution in [2.45, 2.75) is 26.7 Å². The molecular formula is C21H23NO3. The number of carbonyl (C=O) groups excluding carboxylic acids is 2. The molecule has 2 aromatic rings. The summed E-state index contributed by atoms with van der Waals surface area (Å²) in [6.45, 7) is 4.35. The van der Waals surface area contributed by atoms with Crippen molar-refractivity contribution < 1.29 is 14.3 Å². The lowest BCUT2D eigenvalue weighted by molar-refractivity contribution is -0.111. The van der Waals surface area contributed by atoms with E-state index < -0.39 is 0 Å². The number of nitrogens with one attached hydrogen (secondary N) is 1. The number of anilines is 1. The lowest BCUT2D eigenvalue weighted by Crippen LogP contribution is -2.07. The second-order valence-corrected chi connectivity index (χ2v) is 5.73. The molecule has 0 spiro atoms. The Hall–Kier alpha value is -2.88. The first kappa shape index (κ1) is 18.5. The van der Waals surface area contributed by atoms with Crippen LogP contribution in [-0.2, 0) is 4.79 Å². The Balaban J connectivity index is 1.87. The summed E-state index contributed by atoms with van der Waals surface area (Å²) in [5.74, 6) is 0.611. The van der Waals surface area contributed by atoms with Gasteiger partial charge in [0.15, 0.2) is 5.78 Å². The third kappa shape index (κ3) is 6.26. The molecule has 25 heavy (non-hydrogen) atoms. The minimum absolute atomic E-state index is 0.0000991. The Bertz CT molecular complexity index is 731. The molecule has 0 fully saturated rings. The number of rotatable bonds is 8. The molecule has 0 aliphatic heterocycles. The number of benzene rings is 2. The third-order valence-electron chi connectivity index (χ3n) is 3.63. The highest BCUT2D eigenvalue weighted by Gasteiger charge is 2.01. The van der Waals surface area contributed by atoms with Gasteiger partial charge in [-0.3, -0.25) is 9.59 Å². The summed E-state index contributed by atoms with van der Waals surface area (Å²) in [4.78, 5) is 23.2. The fraction of sp³-hybridized carbons (Fsp3) is 0.238. The van der Waals surface area contributed by atoms with Gasteiger partial charge in [0, 0.05) is 17.3 Å². The molecule has 4 heteroatoms. The van der Waals surface area contributed by atoms with Gasteiger partial charge in [0.1, 0.15) is 5.75 Å². The summed E-state index contributed by atoms with van der Waals surface area (Å²) >= 11 is 0. The number of carbonyl (C=O) groups is 2. The van der Waals surface area contributed by atoms with Crippen LogP contribution in [0.15, 0.2) is 54.6 Å². The molecule has 0 aliphatic rings. The van der Waals surface area contributed by atoms with Crippen LogP contribution in [0, 0.1) is 0 Å². The predicted octanol–water partition coefficient (Wildman–Crippen LogP) is 4.72. The average Bonchev–Trinajstić information content (AvgIpc) is 2.62. The summed E-state index contributed by atoms with van der Waals surface area (Å²) in [5.41, 5.74) is 2.19. The molecule has 130 valence electrons. The fourth-order valence-corrected chi connectivity index (χ4v) is 2.15. The topological polar surface area (TPSA) is 55.4 Å². The van der Waals surface area contributed by atoms with Gasteiger partial charge in [0.25, 0.3) is 0 Å². The number of unbranched alkanes of at least 4 members (excludes halogenated alkanes) is 1. The molecule has 1 amide bonds. The van der Waals surface area contributed by atoms with Crippen molar-refractivity contribution in [3.05, 3.63) is 65.7 Å². The van der Waals surface area contributed by atoms with Gasteiger partial charge in [-0.15, -0.1) is 0 Å². The lowest BCUT2D eigenvalue weighted by Gasteiger charge is -2.05. The van der Waals surface area contributed by atoms with E-state index in [1.54, 1.807) is 30.3 Å². The summed E-state index contributed by atoms with van der Waals surface area (Å²) in [6.07, 6.45) is 5.36. The second kappa shape index (κ2) is 9.42. The first-order chi connectivity index (χ1) is 12.1. The van der Waals surface area contributed by atoms with E-state index in [0.717, 1.165) is 30.8 Å². The van der Waals surface area contributed by atoms with Crippen LogP contribution >= 0.6 is 0 Å². The Kier molecular flexibility index (Phi) is 6.96. The maximum absolute atomic E-state index is 12.0. The lowest BCUT2D eigenvalue weighted by atomic mass is 10.1. The van der Waals surface area contributed by atoms with Crippen LogP contribution in [0.1, 0.15) is 42.6 Å². The molecule has 4 nitrogen and oxygen atoms in total. The van der Waals surface area contributed by atoms with E-state index in [1.165, 1.54) is 13.0 Å². The molecule has 0 aromatic heterocycles. The third-order valence-corrected chi connectivity index (χ3v) is 3.63. The van der Waals surface area contributed by atoms with Crippen LogP contribution in [-0.4, -0.2) is 18.3 Å². The average molecular weight is 337 g/mol. The summed E-state index contributed by atoms with van der Waals surface area (Å²) in [7, 11) is 0. The Morgan fingerprint density at radius 2 is 1.72 bits per heavy atom. The molecule has 0 heterocycles. The molecule has 0 bridgehead atoms. The molecular weight excluding hydrogens is 314 g/mol. The largest absolute Gasteiger partial charge is 0.494 e. The highest BCUT2D eigenvalue weighted by molar-refractivity contribution is 6.02. The number of ketones is 1. The van der Waals surface area contributed by atoms with Gasteiger partial charge < -0.3 is 10.1 Å². The van der Waals surface area contributed by atoms with Crippen molar-refractivity contribution in [3.8, 4) is 5.75 Å². The molecule has 2 rings (SSSR count). The van der Waals surface area contributed by atoms with E-state index in [9.17, 15) is 9.59 Å². The van der Waals surface area contributed by atoms with E-state index in [0.29, 0.717) is 11.3 Å². The van der Waals surface area contributed by atoms with Gasteiger partial charge in [-0.25, -0.2) is 0 Å². The molecule has 0 atom stereocenters. The van der Waals surface area contributed by atoms with Crippen LogP contribution in [0.5, 0.6) is 5.75 Å². The quantitative estimate of drug-likeness (QED) is 0.431. The van der Waals surface area contributed by atoms with Gasteiger partial charge >= 0.3 is 0 Å². The maximum atomic E-state index is 12.0. The molecule has 2 aromatic carbocycles. The molecule has 0 aliphatic carbocycles.